The summed E-state index contributed by atoms with van der Waals surface area (Å²) in [6, 6.07) is 13.4. The first-order chi connectivity index (χ1) is 11.1. The molecule has 2 rings (SSSR count). The van der Waals surface area contributed by atoms with Crippen molar-refractivity contribution in [2.24, 2.45) is 0 Å². The number of nitrogens with zero attached hydrogens (tertiary/aromatic N) is 2. The van der Waals surface area contributed by atoms with Gasteiger partial charge in [-0.25, -0.2) is 0 Å². The van der Waals surface area contributed by atoms with E-state index in [1.54, 1.807) is 29.5 Å². The Bertz CT molecular complexity index is 697. The van der Waals surface area contributed by atoms with Crippen LogP contribution >= 0.6 is 11.3 Å². The maximum Gasteiger partial charge on any atom is 0.244 e. The highest BCUT2D eigenvalue weighted by Crippen LogP contribution is 2.22. The maximum absolute atomic E-state index is 12.0. The maximum atomic E-state index is 12.0. The second-order valence-electron chi connectivity index (χ2n) is 5.31. The summed E-state index contributed by atoms with van der Waals surface area (Å²) in [5.41, 5.74) is 1.50. The minimum absolute atomic E-state index is 0.127. The Morgan fingerprint density at radius 1 is 1.35 bits per heavy atom. The molecule has 0 aliphatic rings. The SMILES string of the molecule is CN(C)[C@@H](CNC(=O)/C=C/c1ccc(C#N)cc1)c1cccs1. The molecule has 0 unspecified atom stereocenters. The minimum Gasteiger partial charge on any atom is -0.351 e. The number of amides is 1. The van der Waals surface area contributed by atoms with Crippen LogP contribution in [-0.2, 0) is 4.79 Å². The highest BCUT2D eigenvalue weighted by Gasteiger charge is 2.15. The molecule has 2 aromatic rings. The summed E-state index contributed by atoms with van der Waals surface area (Å²) in [5.74, 6) is -0.127. The fraction of sp³-hybridized carbons (Fsp3) is 0.222. The van der Waals surface area contributed by atoms with Crippen LogP contribution in [0.15, 0.2) is 47.9 Å². The van der Waals surface area contributed by atoms with Crippen LogP contribution in [0, 0.1) is 11.3 Å². The van der Waals surface area contributed by atoms with Crippen LogP contribution < -0.4 is 5.32 Å². The molecule has 1 aromatic heterocycles. The zero-order valence-corrected chi connectivity index (χ0v) is 14.0. The van der Waals surface area contributed by atoms with Crippen LogP contribution in [-0.4, -0.2) is 31.4 Å². The number of thiophene rings is 1. The van der Waals surface area contributed by atoms with E-state index in [0.717, 1.165) is 5.56 Å². The lowest BCUT2D eigenvalue weighted by molar-refractivity contribution is -0.116. The third kappa shape index (κ3) is 5.06. The van der Waals surface area contributed by atoms with Gasteiger partial charge in [0.05, 0.1) is 17.7 Å². The number of nitriles is 1. The van der Waals surface area contributed by atoms with Crippen molar-refractivity contribution in [2.75, 3.05) is 20.6 Å². The van der Waals surface area contributed by atoms with Gasteiger partial charge in [0.25, 0.3) is 0 Å². The van der Waals surface area contributed by atoms with Gasteiger partial charge in [-0.05, 0) is 49.3 Å². The van der Waals surface area contributed by atoms with Gasteiger partial charge in [-0.3, -0.25) is 4.79 Å². The molecular formula is C18H19N3OS. The van der Waals surface area contributed by atoms with Gasteiger partial charge in [0.15, 0.2) is 0 Å². The van der Waals surface area contributed by atoms with E-state index in [4.69, 9.17) is 5.26 Å². The van der Waals surface area contributed by atoms with Crippen LogP contribution in [0.25, 0.3) is 6.08 Å². The van der Waals surface area contributed by atoms with Gasteiger partial charge in [-0.1, -0.05) is 18.2 Å². The average Bonchev–Trinajstić information content (AvgIpc) is 3.07. The number of likely N-dealkylation sites (N-methyl/N-ethyl adjacent to an activating group) is 1. The Morgan fingerprint density at radius 2 is 2.09 bits per heavy atom. The highest BCUT2D eigenvalue weighted by molar-refractivity contribution is 7.10. The quantitative estimate of drug-likeness (QED) is 0.831. The number of hydrogen-bond acceptors (Lipinski definition) is 4. The number of benzene rings is 1. The molecule has 0 radical (unpaired) electrons. The molecule has 0 fully saturated rings. The van der Waals surface area contributed by atoms with Crippen molar-refractivity contribution in [2.45, 2.75) is 6.04 Å². The summed E-state index contributed by atoms with van der Waals surface area (Å²) < 4.78 is 0. The van der Waals surface area contributed by atoms with E-state index in [9.17, 15) is 4.79 Å². The van der Waals surface area contributed by atoms with E-state index in [2.05, 4.69) is 22.4 Å². The Morgan fingerprint density at radius 3 is 2.65 bits per heavy atom. The van der Waals surface area contributed by atoms with Gasteiger partial charge in [-0.2, -0.15) is 5.26 Å². The van der Waals surface area contributed by atoms with Crippen molar-refractivity contribution >= 4 is 23.3 Å². The third-order valence-electron chi connectivity index (χ3n) is 3.43. The summed E-state index contributed by atoms with van der Waals surface area (Å²) in [6.07, 6.45) is 3.26. The molecule has 0 bridgehead atoms. The second kappa shape index (κ2) is 8.28. The summed E-state index contributed by atoms with van der Waals surface area (Å²) in [5, 5.41) is 13.7. The standard InChI is InChI=1S/C18H19N3OS/c1-21(2)16(17-4-3-11-23-17)13-20-18(22)10-9-14-5-7-15(12-19)8-6-14/h3-11,16H,13H2,1-2H3,(H,20,22)/b10-9+/t16-/m0/s1. The van der Waals surface area contributed by atoms with Gasteiger partial charge < -0.3 is 10.2 Å². The number of carbonyl (C=O) groups excluding carboxylic acids is 1. The first-order valence-corrected chi connectivity index (χ1v) is 8.14. The van der Waals surface area contributed by atoms with E-state index < -0.39 is 0 Å². The molecule has 0 aliphatic carbocycles. The molecular weight excluding hydrogens is 306 g/mol. The van der Waals surface area contributed by atoms with Crippen molar-refractivity contribution in [1.82, 2.24) is 10.2 Å². The molecule has 23 heavy (non-hydrogen) atoms. The average molecular weight is 325 g/mol. The van der Waals surface area contributed by atoms with Crippen molar-refractivity contribution in [3.8, 4) is 6.07 Å². The summed E-state index contributed by atoms with van der Waals surface area (Å²) in [4.78, 5) is 15.3. The fourth-order valence-electron chi connectivity index (χ4n) is 2.12. The van der Waals surface area contributed by atoms with E-state index in [1.807, 2.05) is 37.7 Å². The van der Waals surface area contributed by atoms with Gasteiger partial charge in [0.1, 0.15) is 0 Å². The molecule has 4 nitrogen and oxygen atoms in total. The summed E-state index contributed by atoms with van der Waals surface area (Å²) in [7, 11) is 4.01. The monoisotopic (exact) mass is 325 g/mol. The number of nitrogens with one attached hydrogen (secondary N) is 1. The predicted octanol–water partition coefficient (Wildman–Crippen LogP) is 3.05. The van der Waals surface area contributed by atoms with Gasteiger partial charge in [0.2, 0.25) is 5.91 Å². The smallest absolute Gasteiger partial charge is 0.244 e. The zero-order valence-electron chi connectivity index (χ0n) is 13.2. The molecule has 1 heterocycles. The molecule has 5 heteroatoms. The van der Waals surface area contributed by atoms with E-state index >= 15 is 0 Å². The van der Waals surface area contributed by atoms with E-state index in [0.29, 0.717) is 12.1 Å². The van der Waals surface area contributed by atoms with Crippen molar-refractivity contribution in [1.29, 1.82) is 5.26 Å². The molecule has 118 valence electrons. The molecule has 0 spiro atoms. The third-order valence-corrected chi connectivity index (χ3v) is 4.41. The van der Waals surface area contributed by atoms with Crippen molar-refractivity contribution in [3.63, 3.8) is 0 Å². The molecule has 1 amide bonds. The Hall–Kier alpha value is -2.42. The molecule has 0 saturated heterocycles. The minimum atomic E-state index is -0.127. The predicted molar refractivity (Wildman–Crippen MR) is 93.9 cm³/mol. The zero-order chi connectivity index (χ0) is 16.7. The Kier molecular flexibility index (Phi) is 6.10. The van der Waals surface area contributed by atoms with Crippen LogP contribution in [0.5, 0.6) is 0 Å². The lowest BCUT2D eigenvalue weighted by atomic mass is 10.1. The molecule has 1 atom stereocenters. The molecule has 0 aliphatic heterocycles. The molecule has 0 saturated carbocycles. The van der Waals surface area contributed by atoms with Crippen LogP contribution in [0.2, 0.25) is 0 Å². The molecule has 1 N–H and O–H groups in total. The number of hydrogen-bond donors (Lipinski definition) is 1. The first kappa shape index (κ1) is 16.9. The largest absolute Gasteiger partial charge is 0.351 e. The number of rotatable bonds is 6. The highest BCUT2D eigenvalue weighted by atomic mass is 32.1. The fourth-order valence-corrected chi connectivity index (χ4v) is 3.04. The van der Waals surface area contributed by atoms with E-state index in [-0.39, 0.29) is 11.9 Å². The second-order valence-corrected chi connectivity index (χ2v) is 6.29. The summed E-state index contributed by atoms with van der Waals surface area (Å²) >= 11 is 1.69. The van der Waals surface area contributed by atoms with Crippen LogP contribution in [0.4, 0.5) is 0 Å². The molecule has 1 aromatic carbocycles. The van der Waals surface area contributed by atoms with Gasteiger partial charge in [0, 0.05) is 17.5 Å². The Balaban J connectivity index is 1.91. The normalized spacial score (nSPS) is 12.3. The number of carbonyl (C=O) groups is 1. The van der Waals surface area contributed by atoms with Crippen molar-refractivity contribution < 1.29 is 4.79 Å². The van der Waals surface area contributed by atoms with Gasteiger partial charge >= 0.3 is 0 Å². The van der Waals surface area contributed by atoms with E-state index in [1.165, 1.54) is 11.0 Å². The lowest BCUT2D eigenvalue weighted by Crippen LogP contribution is -2.33. The topological polar surface area (TPSA) is 56.1 Å². The Labute approximate surface area is 140 Å². The first-order valence-electron chi connectivity index (χ1n) is 7.26. The van der Waals surface area contributed by atoms with Gasteiger partial charge in [-0.15, -0.1) is 11.3 Å². The lowest BCUT2D eigenvalue weighted by Gasteiger charge is -2.23. The summed E-state index contributed by atoms with van der Waals surface area (Å²) in [6.45, 7) is 0.560. The van der Waals surface area contributed by atoms with Crippen LogP contribution in [0.3, 0.4) is 0 Å². The van der Waals surface area contributed by atoms with Crippen LogP contribution in [0.1, 0.15) is 22.0 Å². The van der Waals surface area contributed by atoms with Crippen molar-refractivity contribution in [3.05, 3.63) is 63.9 Å².